The molecule has 1 saturated carbocycles. The van der Waals surface area contributed by atoms with Crippen molar-refractivity contribution in [2.75, 3.05) is 51.1 Å². The van der Waals surface area contributed by atoms with E-state index in [0.29, 0.717) is 18.3 Å². The molecule has 0 radical (unpaired) electrons. The second-order valence-corrected chi connectivity index (χ2v) is 10.5. The van der Waals surface area contributed by atoms with Crippen LogP contribution in [0.25, 0.3) is 0 Å². The molecular formula is C28H26F4N6O4. The molecule has 1 N–H and O–H groups in total. The number of methoxy groups -OCH3 is 1. The molecule has 42 heavy (non-hydrogen) atoms. The Morgan fingerprint density at radius 3 is 2.50 bits per heavy atom. The van der Waals surface area contributed by atoms with E-state index in [0.717, 1.165) is 18.9 Å². The van der Waals surface area contributed by atoms with E-state index < -0.39 is 29.0 Å². The standard InChI is InChI=1S/C28H26F4N6O4/c1-36-9-10-38(22(39)14-36)19-12-21(41-3)18(11-17(19)29)34-26-33-13-16(28(30,31)32)24(35-26)42-20-6-4-5-15-23(20)25(40)37(2)27(15)7-8-27/h4-6,11-13H,7-10,14H2,1-3H3,(H,33,34,35). The van der Waals surface area contributed by atoms with Crippen LogP contribution in [0.15, 0.2) is 36.5 Å². The Morgan fingerprint density at radius 1 is 1.07 bits per heavy atom. The number of alkyl halides is 3. The van der Waals surface area contributed by atoms with Gasteiger partial charge in [-0.25, -0.2) is 9.37 Å². The van der Waals surface area contributed by atoms with Gasteiger partial charge < -0.3 is 24.6 Å². The number of amides is 2. The summed E-state index contributed by atoms with van der Waals surface area (Å²) >= 11 is 0. The van der Waals surface area contributed by atoms with Crippen molar-refractivity contribution in [3.8, 4) is 17.4 Å². The van der Waals surface area contributed by atoms with Crippen molar-refractivity contribution >= 4 is 29.1 Å². The van der Waals surface area contributed by atoms with Crippen molar-refractivity contribution in [3.05, 3.63) is 59.0 Å². The monoisotopic (exact) mass is 586 g/mol. The van der Waals surface area contributed by atoms with Crippen LogP contribution in [0.2, 0.25) is 0 Å². The molecule has 1 spiro atoms. The number of carbonyl (C=O) groups excluding carboxylic acids is 2. The lowest BCUT2D eigenvalue weighted by molar-refractivity contribution is -0.139. The quantitative estimate of drug-likeness (QED) is 0.421. The highest BCUT2D eigenvalue weighted by atomic mass is 19.4. The van der Waals surface area contributed by atoms with Crippen LogP contribution in [-0.2, 0) is 16.5 Å². The summed E-state index contributed by atoms with van der Waals surface area (Å²) in [6, 6.07) is 7.18. The van der Waals surface area contributed by atoms with Gasteiger partial charge in [0.15, 0.2) is 0 Å². The van der Waals surface area contributed by atoms with E-state index in [1.165, 1.54) is 24.1 Å². The number of nitrogens with zero attached hydrogens (tertiary/aromatic N) is 5. The fourth-order valence-electron chi connectivity index (χ4n) is 5.48. The molecule has 3 aromatic rings. The summed E-state index contributed by atoms with van der Waals surface area (Å²) in [6.45, 7) is 0.939. The van der Waals surface area contributed by atoms with E-state index in [1.54, 1.807) is 31.1 Å². The molecule has 2 fully saturated rings. The molecule has 2 aromatic carbocycles. The summed E-state index contributed by atoms with van der Waals surface area (Å²) in [4.78, 5) is 38.0. The van der Waals surface area contributed by atoms with Crippen LogP contribution in [0, 0.1) is 5.82 Å². The van der Waals surface area contributed by atoms with Crippen LogP contribution >= 0.6 is 0 Å². The fraction of sp³-hybridized carbons (Fsp3) is 0.357. The summed E-state index contributed by atoms with van der Waals surface area (Å²) in [5, 5.41) is 2.69. The minimum absolute atomic E-state index is 0.00821. The number of ether oxygens (including phenoxy) is 2. The van der Waals surface area contributed by atoms with Gasteiger partial charge in [0.05, 0.1) is 36.1 Å². The van der Waals surface area contributed by atoms with Gasteiger partial charge in [0.25, 0.3) is 5.91 Å². The van der Waals surface area contributed by atoms with E-state index >= 15 is 4.39 Å². The van der Waals surface area contributed by atoms with Gasteiger partial charge in [-0.1, -0.05) is 12.1 Å². The lowest BCUT2D eigenvalue weighted by Crippen LogP contribution is -2.49. The molecule has 3 aliphatic rings. The Bertz CT molecular complexity index is 1610. The summed E-state index contributed by atoms with van der Waals surface area (Å²) in [7, 11) is 4.77. The van der Waals surface area contributed by atoms with Crippen molar-refractivity contribution in [1.29, 1.82) is 0 Å². The minimum atomic E-state index is -4.87. The van der Waals surface area contributed by atoms with Gasteiger partial charge in [-0.2, -0.15) is 18.2 Å². The second kappa shape index (κ2) is 9.82. The van der Waals surface area contributed by atoms with E-state index in [2.05, 4.69) is 15.3 Å². The molecule has 1 aliphatic carbocycles. The normalized spacial score (nSPS) is 18.0. The van der Waals surface area contributed by atoms with Gasteiger partial charge >= 0.3 is 6.18 Å². The number of halogens is 4. The summed E-state index contributed by atoms with van der Waals surface area (Å²) in [5.41, 5.74) is -0.803. The van der Waals surface area contributed by atoms with Gasteiger partial charge in [-0.05, 0) is 31.5 Å². The molecule has 220 valence electrons. The Labute approximate surface area is 237 Å². The van der Waals surface area contributed by atoms with Crippen molar-refractivity contribution in [2.24, 2.45) is 0 Å². The number of anilines is 3. The van der Waals surface area contributed by atoms with E-state index in [9.17, 15) is 22.8 Å². The predicted octanol–water partition coefficient (Wildman–Crippen LogP) is 4.53. The first-order valence-electron chi connectivity index (χ1n) is 13.1. The molecule has 3 heterocycles. The maximum atomic E-state index is 15.2. The topological polar surface area (TPSA) is 100 Å². The smallest absolute Gasteiger partial charge is 0.423 e. The zero-order chi connectivity index (χ0) is 30.0. The number of carbonyl (C=O) groups is 2. The largest absolute Gasteiger partial charge is 0.494 e. The molecule has 10 nitrogen and oxygen atoms in total. The van der Waals surface area contributed by atoms with Crippen molar-refractivity contribution in [3.63, 3.8) is 0 Å². The zero-order valence-electron chi connectivity index (χ0n) is 22.9. The van der Waals surface area contributed by atoms with Gasteiger partial charge in [0.1, 0.15) is 22.9 Å². The Balaban J connectivity index is 1.34. The number of benzene rings is 2. The number of hydrogen-bond acceptors (Lipinski definition) is 8. The molecule has 0 unspecified atom stereocenters. The molecule has 2 aliphatic heterocycles. The van der Waals surface area contributed by atoms with E-state index in [-0.39, 0.29) is 59.3 Å². The number of aromatic nitrogens is 2. The predicted molar refractivity (Wildman–Crippen MR) is 143 cm³/mol. The average molecular weight is 587 g/mol. The van der Waals surface area contributed by atoms with Gasteiger partial charge in [0.2, 0.25) is 17.7 Å². The molecule has 2 amide bonds. The molecule has 0 bridgehead atoms. The van der Waals surface area contributed by atoms with Crippen LogP contribution in [0.4, 0.5) is 34.9 Å². The number of piperazine rings is 1. The number of rotatable bonds is 6. The van der Waals surface area contributed by atoms with Gasteiger partial charge in [-0.15, -0.1) is 0 Å². The molecule has 1 aromatic heterocycles. The van der Waals surface area contributed by atoms with Crippen LogP contribution < -0.4 is 19.7 Å². The number of hydrogen-bond donors (Lipinski definition) is 1. The molecular weight excluding hydrogens is 560 g/mol. The highest BCUT2D eigenvalue weighted by Crippen LogP contribution is 2.57. The molecule has 14 heteroatoms. The number of likely N-dealkylation sites (N-methyl/N-ethyl adjacent to an activating group) is 1. The van der Waals surface area contributed by atoms with Crippen LogP contribution in [0.3, 0.4) is 0 Å². The lowest BCUT2D eigenvalue weighted by atomic mass is 10.0. The number of nitrogens with one attached hydrogen (secondary N) is 1. The Kier molecular flexibility index (Phi) is 6.48. The van der Waals surface area contributed by atoms with Gasteiger partial charge in [-0.3, -0.25) is 14.5 Å². The first-order chi connectivity index (χ1) is 19.9. The van der Waals surface area contributed by atoms with Crippen molar-refractivity contribution in [2.45, 2.75) is 24.6 Å². The fourth-order valence-corrected chi connectivity index (χ4v) is 5.48. The first kappa shape index (κ1) is 27.7. The van der Waals surface area contributed by atoms with Crippen molar-refractivity contribution in [1.82, 2.24) is 19.8 Å². The van der Waals surface area contributed by atoms with Crippen LogP contribution in [0.1, 0.15) is 34.3 Å². The third-order valence-electron chi connectivity index (χ3n) is 7.90. The first-order valence-corrected chi connectivity index (χ1v) is 13.1. The molecule has 1 saturated heterocycles. The molecule has 0 atom stereocenters. The number of fused-ring (bicyclic) bond motifs is 2. The van der Waals surface area contributed by atoms with Crippen LogP contribution in [0.5, 0.6) is 17.4 Å². The summed E-state index contributed by atoms with van der Waals surface area (Å²) in [5.74, 6) is -2.52. The third-order valence-corrected chi connectivity index (χ3v) is 7.90. The average Bonchev–Trinajstić information content (AvgIpc) is 3.71. The third kappa shape index (κ3) is 4.55. The highest BCUT2D eigenvalue weighted by Gasteiger charge is 2.57. The second-order valence-electron chi connectivity index (χ2n) is 10.5. The summed E-state index contributed by atoms with van der Waals surface area (Å²) < 4.78 is 68.1. The SMILES string of the molecule is COc1cc(N2CCN(C)CC2=O)c(F)cc1Nc1ncc(C(F)(F)F)c(Oc2cccc3c2C(=O)N(C)C32CC2)n1. The zero-order valence-corrected chi connectivity index (χ0v) is 22.9. The van der Waals surface area contributed by atoms with E-state index in [1.807, 2.05) is 4.90 Å². The maximum absolute atomic E-state index is 15.2. The maximum Gasteiger partial charge on any atom is 0.423 e. The minimum Gasteiger partial charge on any atom is -0.494 e. The van der Waals surface area contributed by atoms with Crippen LogP contribution in [-0.4, -0.2) is 72.4 Å². The van der Waals surface area contributed by atoms with Crippen molar-refractivity contribution < 1.29 is 36.6 Å². The Hall–Kier alpha value is -4.46. The molecule has 6 rings (SSSR count). The van der Waals surface area contributed by atoms with E-state index in [4.69, 9.17) is 9.47 Å². The highest BCUT2D eigenvalue weighted by molar-refractivity contribution is 6.03. The van der Waals surface area contributed by atoms with Gasteiger partial charge in [0, 0.05) is 38.5 Å². The Morgan fingerprint density at radius 2 is 1.83 bits per heavy atom. The summed E-state index contributed by atoms with van der Waals surface area (Å²) in [6.07, 6.45) is -2.82. The lowest BCUT2D eigenvalue weighted by Gasteiger charge is -2.32.